The van der Waals surface area contributed by atoms with Crippen LogP contribution < -0.4 is 27.0 Å². The van der Waals surface area contributed by atoms with Gasteiger partial charge in [0.15, 0.2) is 5.75 Å². The lowest BCUT2D eigenvalue weighted by Crippen LogP contribution is -2.34. The van der Waals surface area contributed by atoms with Gasteiger partial charge in [0.1, 0.15) is 28.9 Å². The van der Waals surface area contributed by atoms with Crippen LogP contribution in [0.4, 0.5) is 29.0 Å². The van der Waals surface area contributed by atoms with E-state index in [4.69, 9.17) is 16.4 Å². The highest BCUT2D eigenvalue weighted by atomic mass is 32.2. The van der Waals surface area contributed by atoms with Gasteiger partial charge in [0.2, 0.25) is 17.8 Å². The third kappa shape index (κ3) is 8.31. The van der Waals surface area contributed by atoms with E-state index in [2.05, 4.69) is 46.7 Å². The topological polar surface area (TPSA) is 321 Å². The van der Waals surface area contributed by atoms with Gasteiger partial charge in [0.25, 0.3) is 10.1 Å². The lowest BCUT2D eigenvalue weighted by Gasteiger charge is -2.16. The van der Waals surface area contributed by atoms with E-state index in [1.54, 1.807) is 0 Å². The molecule has 4 aromatic rings. The number of ether oxygens (including phenoxy) is 1. The molecule has 0 saturated heterocycles. The Hall–Kier alpha value is -5.81. The smallest absolute Gasteiger partial charge is 0.326 e. The van der Waals surface area contributed by atoms with Gasteiger partial charge in [0.05, 0.1) is 17.0 Å². The monoisotopic (exact) mass is 703 g/mol. The zero-order valence-corrected chi connectivity index (χ0v) is 25.8. The summed E-state index contributed by atoms with van der Waals surface area (Å²) in [5.74, 6) is 1.07. The fourth-order valence-corrected chi connectivity index (χ4v) is 5.26. The van der Waals surface area contributed by atoms with Crippen LogP contribution in [-0.4, -0.2) is 71.1 Å². The summed E-state index contributed by atoms with van der Waals surface area (Å²) in [4.78, 5) is 34.1. The van der Waals surface area contributed by atoms with Crippen molar-refractivity contribution in [1.29, 1.82) is 0 Å². The number of phenolic OH excluding ortho intramolecular Hbond substituents is 1. The number of hydrogen-bond donors (Lipinski definition) is 7. The molecule has 1 aromatic heterocycles. The molecule has 22 heteroatoms. The molecule has 9 N–H and O–H groups in total. The summed E-state index contributed by atoms with van der Waals surface area (Å²) in [5.41, 5.74) is 4.49. The zero-order chi connectivity index (χ0) is 35.2. The van der Waals surface area contributed by atoms with Gasteiger partial charge in [-0.05, 0) is 35.7 Å². The van der Waals surface area contributed by atoms with Crippen molar-refractivity contribution < 1.29 is 50.2 Å². The number of carboxylic acids is 1. The van der Waals surface area contributed by atoms with Gasteiger partial charge < -0.3 is 31.3 Å². The molecule has 0 bridgehead atoms. The van der Waals surface area contributed by atoms with Crippen molar-refractivity contribution in [2.24, 2.45) is 21.9 Å². The number of carbonyl (C=O) groups is 2. The van der Waals surface area contributed by atoms with Crippen molar-refractivity contribution in [3.8, 4) is 11.8 Å². The SMILES string of the molecule is C=CCOc1nc(Nc2cc(S(=O)(=O)O)cc3ccc(N=Nc4ccccc4S(=O)(=O)ON)c(O)c23)nc(NC(CC(N)=O)C(=O)O)n1. The molecule has 4 rings (SSSR count). The number of azo groups is 1. The first-order valence-corrected chi connectivity index (χ1v) is 15.9. The number of carboxylic acid groups (broad SMARTS) is 1. The third-order valence-corrected chi connectivity index (χ3v) is 8.03. The van der Waals surface area contributed by atoms with Crippen LogP contribution in [0, 0.1) is 0 Å². The Bertz CT molecular complexity index is 2160. The van der Waals surface area contributed by atoms with Crippen LogP contribution in [0.1, 0.15) is 6.42 Å². The molecule has 0 spiro atoms. The first-order chi connectivity index (χ1) is 22.6. The molecule has 0 aliphatic heterocycles. The minimum absolute atomic E-state index is 0.0477. The molecule has 1 atom stereocenters. The van der Waals surface area contributed by atoms with Gasteiger partial charge in [0, 0.05) is 5.39 Å². The Balaban J connectivity index is 1.86. The Kier molecular flexibility index (Phi) is 10.4. The quantitative estimate of drug-likeness (QED) is 0.0403. The number of benzene rings is 3. The van der Waals surface area contributed by atoms with E-state index in [-0.39, 0.29) is 40.5 Å². The molecule has 0 fully saturated rings. The number of aromatic nitrogens is 3. The molecule has 1 unspecified atom stereocenters. The van der Waals surface area contributed by atoms with Gasteiger partial charge in [-0.2, -0.15) is 42.0 Å². The van der Waals surface area contributed by atoms with Crippen LogP contribution in [0.2, 0.25) is 0 Å². The van der Waals surface area contributed by atoms with E-state index in [0.29, 0.717) is 0 Å². The fraction of sp³-hybridized carbons (Fsp3) is 0.115. The number of aromatic hydroxyl groups is 1. The Morgan fingerprint density at radius 1 is 1.02 bits per heavy atom. The summed E-state index contributed by atoms with van der Waals surface area (Å²) in [5, 5.41) is 33.6. The van der Waals surface area contributed by atoms with Crippen LogP contribution in [0.25, 0.3) is 10.8 Å². The number of hydrogen-bond acceptors (Lipinski definition) is 17. The maximum Gasteiger partial charge on any atom is 0.326 e. The van der Waals surface area contributed by atoms with E-state index < -0.39 is 72.0 Å². The summed E-state index contributed by atoms with van der Waals surface area (Å²) < 4.78 is 67.8. The van der Waals surface area contributed by atoms with Crippen molar-refractivity contribution in [2.75, 3.05) is 17.2 Å². The summed E-state index contributed by atoms with van der Waals surface area (Å²) in [6, 6.07) is 7.86. The van der Waals surface area contributed by atoms with E-state index in [9.17, 15) is 41.2 Å². The average Bonchev–Trinajstić information content (AvgIpc) is 3.02. The van der Waals surface area contributed by atoms with Crippen molar-refractivity contribution >= 4 is 71.8 Å². The molecular weight excluding hydrogens is 678 g/mol. The Morgan fingerprint density at radius 3 is 2.35 bits per heavy atom. The van der Waals surface area contributed by atoms with Crippen LogP contribution in [0.3, 0.4) is 0 Å². The molecule has 0 aliphatic rings. The number of aliphatic carboxylic acids is 1. The lowest BCUT2D eigenvalue weighted by atomic mass is 10.1. The van der Waals surface area contributed by atoms with Gasteiger partial charge in [-0.1, -0.05) is 30.9 Å². The number of nitrogens with two attached hydrogens (primary N) is 2. The molecule has 3 aromatic carbocycles. The fourth-order valence-electron chi connectivity index (χ4n) is 4.00. The van der Waals surface area contributed by atoms with Crippen molar-refractivity contribution in [2.45, 2.75) is 22.3 Å². The number of phenols is 1. The number of carbonyl (C=O) groups excluding carboxylic acids is 1. The predicted octanol–water partition coefficient (Wildman–Crippen LogP) is 2.02. The van der Waals surface area contributed by atoms with E-state index in [1.165, 1.54) is 36.4 Å². The number of primary amides is 1. The van der Waals surface area contributed by atoms with Crippen LogP contribution in [0.5, 0.6) is 11.8 Å². The van der Waals surface area contributed by atoms with Gasteiger partial charge in [-0.3, -0.25) is 9.35 Å². The average molecular weight is 704 g/mol. The molecule has 252 valence electrons. The second-order valence-corrected chi connectivity index (χ2v) is 12.4. The molecule has 0 aliphatic carbocycles. The van der Waals surface area contributed by atoms with E-state index >= 15 is 0 Å². The number of nitrogens with one attached hydrogen (secondary N) is 2. The second-order valence-electron chi connectivity index (χ2n) is 9.39. The summed E-state index contributed by atoms with van der Waals surface area (Å²) in [7, 11) is -9.21. The predicted molar refractivity (Wildman–Crippen MR) is 166 cm³/mol. The molecule has 48 heavy (non-hydrogen) atoms. The van der Waals surface area contributed by atoms with Crippen molar-refractivity contribution in [3.05, 3.63) is 61.2 Å². The van der Waals surface area contributed by atoms with Crippen molar-refractivity contribution in [3.63, 3.8) is 0 Å². The summed E-state index contributed by atoms with van der Waals surface area (Å²) in [6.07, 6.45) is 0.708. The van der Waals surface area contributed by atoms with Crippen LogP contribution >= 0.6 is 0 Å². The Morgan fingerprint density at radius 2 is 1.71 bits per heavy atom. The Labute approximate surface area is 271 Å². The normalized spacial score (nSPS) is 12.5. The lowest BCUT2D eigenvalue weighted by molar-refractivity contribution is -0.139. The largest absolute Gasteiger partial charge is 0.505 e. The van der Waals surface area contributed by atoms with Gasteiger partial charge in [-0.15, -0.1) is 10.2 Å². The first-order valence-electron chi connectivity index (χ1n) is 13.1. The highest BCUT2D eigenvalue weighted by Crippen LogP contribution is 2.42. The molecule has 0 saturated carbocycles. The van der Waals surface area contributed by atoms with E-state index in [0.717, 1.165) is 18.2 Å². The number of amides is 1. The number of fused-ring (bicyclic) bond motifs is 1. The molecule has 20 nitrogen and oxygen atoms in total. The van der Waals surface area contributed by atoms with Gasteiger partial charge in [-0.25, -0.2) is 4.79 Å². The van der Waals surface area contributed by atoms with Crippen LogP contribution in [-0.2, 0) is 34.1 Å². The maximum atomic E-state index is 12.2. The van der Waals surface area contributed by atoms with Crippen LogP contribution in [0.15, 0.2) is 81.2 Å². The highest BCUT2D eigenvalue weighted by molar-refractivity contribution is 7.87. The third-order valence-electron chi connectivity index (χ3n) is 6.07. The number of nitrogens with zero attached hydrogens (tertiary/aromatic N) is 5. The van der Waals surface area contributed by atoms with Crippen molar-refractivity contribution in [1.82, 2.24) is 15.0 Å². The molecular formula is C26H25N9O11S2. The molecule has 1 amide bonds. The minimum Gasteiger partial charge on any atom is -0.505 e. The highest BCUT2D eigenvalue weighted by Gasteiger charge is 2.24. The minimum atomic E-state index is -4.82. The molecule has 1 heterocycles. The first kappa shape index (κ1) is 35.1. The number of rotatable bonds is 15. The van der Waals surface area contributed by atoms with E-state index in [1.807, 2.05) is 0 Å². The maximum absolute atomic E-state index is 12.2. The molecule has 0 radical (unpaired) electrons. The number of anilines is 3. The second kappa shape index (κ2) is 14.3. The summed E-state index contributed by atoms with van der Waals surface area (Å²) >= 11 is 0. The standard InChI is InChI=1S/C26H25N9O11S2/c1-2-9-45-26-32-24(31-25(33-26)30-18(23(38)39)12-20(27)36)29-17-11-14(47(40,41)42)10-13-7-8-16(22(37)21(13)17)35-34-15-5-3-4-6-19(15)48(43,44)46-28/h2-8,10-11,18,37H,1,9,12,28H2,(H2,27,36)(H,38,39)(H,40,41,42)(H2,29,30,31,32,33). The van der Waals surface area contributed by atoms with Gasteiger partial charge >= 0.3 is 22.1 Å². The zero-order valence-electron chi connectivity index (χ0n) is 24.2. The summed E-state index contributed by atoms with van der Waals surface area (Å²) in [6.45, 7) is 3.40.